The summed E-state index contributed by atoms with van der Waals surface area (Å²) in [5.74, 6) is -8.21. The third-order valence-corrected chi connectivity index (χ3v) is 14.1. The maximum absolute atomic E-state index is 14.4. The first-order valence-corrected chi connectivity index (χ1v) is 27.0. The van der Waals surface area contributed by atoms with Gasteiger partial charge in [-0.25, -0.2) is 0 Å². The molecule has 0 spiro atoms. The molecule has 0 bridgehead atoms. The van der Waals surface area contributed by atoms with Crippen LogP contribution in [0.2, 0.25) is 0 Å². The predicted molar refractivity (Wildman–Crippen MR) is 294 cm³/mol. The normalized spacial score (nSPS) is 18.2. The summed E-state index contributed by atoms with van der Waals surface area (Å²) < 4.78 is 0. The molecule has 11 atom stereocenters. The molecule has 4 rings (SSSR count). The van der Waals surface area contributed by atoms with Crippen molar-refractivity contribution in [3.8, 4) is 5.75 Å². The van der Waals surface area contributed by atoms with E-state index in [0.717, 1.165) is 0 Å². The fraction of sp³-hybridized carbons (Fsp3) is 0.556. The van der Waals surface area contributed by atoms with Crippen molar-refractivity contribution in [2.45, 2.75) is 167 Å². The third-order valence-electron chi connectivity index (χ3n) is 14.1. The van der Waals surface area contributed by atoms with Crippen LogP contribution in [0.25, 0.3) is 0 Å². The van der Waals surface area contributed by atoms with E-state index in [1.807, 2.05) is 0 Å². The number of hydrogen-bond acceptors (Lipinski definition) is 13. The van der Waals surface area contributed by atoms with E-state index in [9.17, 15) is 57.8 Å². The average Bonchev–Trinajstić information content (AvgIpc) is 4.14. The molecule has 2 aromatic carbocycles. The molecule has 0 radical (unpaired) electrons. The number of amides is 11. The van der Waals surface area contributed by atoms with E-state index in [1.165, 1.54) is 68.7 Å². The Kier molecular flexibility index (Phi) is 24.7. The van der Waals surface area contributed by atoms with Crippen LogP contribution in [0.4, 0.5) is 0 Å². The highest BCUT2D eigenvalue weighted by Gasteiger charge is 2.39. The number of likely N-dealkylation sites (tertiary alicyclic amines) is 2. The topological polar surface area (TPSA) is 401 Å². The van der Waals surface area contributed by atoms with Gasteiger partial charge in [-0.05, 0) is 95.4 Å². The van der Waals surface area contributed by atoms with Crippen LogP contribution in [0.5, 0.6) is 5.75 Å². The lowest BCUT2D eigenvalue weighted by molar-refractivity contribution is -0.141. The van der Waals surface area contributed by atoms with E-state index in [4.69, 9.17) is 17.2 Å². The number of phenolic OH excluding ortho intramolecular Hbond substituents is 1. The number of aromatic hydroxyl groups is 1. The first kappa shape index (κ1) is 64.2. The summed E-state index contributed by atoms with van der Waals surface area (Å²) in [6.07, 6.45) is 2.46. The van der Waals surface area contributed by atoms with Gasteiger partial charge in [-0.1, -0.05) is 62.7 Å². The number of carbonyl (C=O) groups excluding carboxylic acids is 11. The number of carbonyl (C=O) groups is 11. The van der Waals surface area contributed by atoms with Crippen molar-refractivity contribution >= 4 is 70.9 Å². The number of nitrogens with zero attached hydrogens (tertiary/aromatic N) is 3. The zero-order valence-electron chi connectivity index (χ0n) is 46.5. The molecule has 80 heavy (non-hydrogen) atoms. The minimum atomic E-state index is -1.39. The van der Waals surface area contributed by atoms with E-state index in [2.05, 4.69) is 47.5 Å². The summed E-state index contributed by atoms with van der Waals surface area (Å²) in [4.78, 5) is 155. The standard InChI is InChI=1S/C54H80N14O12/c1-8-29(2)43(52(79)62-33(6)46(73)63-38(17-12-24-58-54(56)57)53(80)68-26-13-18-41(68)44(55)71)66-50(77)40(28-36-20-22-37(70)23-21-36)65-48(75)32(5)60-49(76)39(27-35-15-10-9-11-16-35)64-47(74)31(4)59-45(72)30(3)61-51(78)42-19-14-25-67(42)34(7)69/h9-11,15-16,20-23,29-33,38-43,70H,8,12-14,17-19,24-28H2,1-7H3,(H2,55,71)(H,59,72)(H,60,76)(H,61,78)(H,62,79)(H,63,73)(H,64,74)(H,65,75)(H,66,77)(H4,56,57,58). The number of aliphatic imine (C=N–C) groups is 1. The maximum Gasteiger partial charge on any atom is 0.245 e. The minimum Gasteiger partial charge on any atom is -0.508 e. The van der Waals surface area contributed by atoms with Crippen LogP contribution in [0.1, 0.15) is 105 Å². The van der Waals surface area contributed by atoms with Gasteiger partial charge in [0.15, 0.2) is 5.96 Å². The number of benzene rings is 2. The Labute approximate surface area is 465 Å². The quantitative estimate of drug-likeness (QED) is 0.0243. The Morgan fingerprint density at radius 3 is 1.56 bits per heavy atom. The Bertz CT molecular complexity index is 2560. The maximum atomic E-state index is 14.4. The number of phenols is 1. The fourth-order valence-corrected chi connectivity index (χ4v) is 9.21. The number of hydrogen-bond donors (Lipinski definition) is 12. The summed E-state index contributed by atoms with van der Waals surface area (Å²) >= 11 is 0. The Hall–Kier alpha value is -8.32. The number of guanidine groups is 1. The first-order valence-electron chi connectivity index (χ1n) is 27.0. The molecule has 2 heterocycles. The molecule has 15 N–H and O–H groups in total. The molecule has 2 aliphatic heterocycles. The zero-order chi connectivity index (χ0) is 59.4. The first-order chi connectivity index (χ1) is 37.8. The van der Waals surface area contributed by atoms with Crippen LogP contribution in [0, 0.1) is 5.92 Å². The van der Waals surface area contributed by atoms with Crippen LogP contribution < -0.4 is 59.7 Å². The lowest BCUT2D eigenvalue weighted by atomic mass is 9.96. The highest BCUT2D eigenvalue weighted by molar-refractivity contribution is 5.99. The van der Waals surface area contributed by atoms with Crippen molar-refractivity contribution < 1.29 is 57.8 Å². The Morgan fingerprint density at radius 2 is 1.04 bits per heavy atom. The second-order valence-electron chi connectivity index (χ2n) is 20.4. The highest BCUT2D eigenvalue weighted by Crippen LogP contribution is 2.21. The summed E-state index contributed by atoms with van der Waals surface area (Å²) in [7, 11) is 0. The van der Waals surface area contributed by atoms with Crippen LogP contribution in [-0.4, -0.2) is 166 Å². The van der Waals surface area contributed by atoms with Crippen LogP contribution in [0.3, 0.4) is 0 Å². The third kappa shape index (κ3) is 19.2. The van der Waals surface area contributed by atoms with Crippen molar-refractivity contribution in [3.05, 3.63) is 65.7 Å². The summed E-state index contributed by atoms with van der Waals surface area (Å²) in [5, 5.41) is 31.1. The van der Waals surface area contributed by atoms with Crippen LogP contribution >= 0.6 is 0 Å². The molecular formula is C54H80N14O12. The van der Waals surface area contributed by atoms with Crippen molar-refractivity contribution in [1.29, 1.82) is 0 Å². The van der Waals surface area contributed by atoms with Gasteiger partial charge in [-0.2, -0.15) is 0 Å². The number of rotatable bonds is 28. The smallest absolute Gasteiger partial charge is 0.245 e. The molecule has 2 fully saturated rings. The van der Waals surface area contributed by atoms with Gasteiger partial charge in [-0.15, -0.1) is 0 Å². The molecule has 0 aromatic heterocycles. The summed E-state index contributed by atoms with van der Waals surface area (Å²) in [6.45, 7) is 11.2. The molecule has 0 aliphatic carbocycles. The molecule has 0 saturated carbocycles. The van der Waals surface area contributed by atoms with Gasteiger partial charge in [-0.3, -0.25) is 57.7 Å². The largest absolute Gasteiger partial charge is 0.508 e. The molecule has 438 valence electrons. The molecule has 2 aromatic rings. The van der Waals surface area contributed by atoms with E-state index < -0.39 is 125 Å². The van der Waals surface area contributed by atoms with Gasteiger partial charge >= 0.3 is 0 Å². The predicted octanol–water partition coefficient (Wildman–Crippen LogP) is -2.28. The van der Waals surface area contributed by atoms with E-state index in [0.29, 0.717) is 49.8 Å². The van der Waals surface area contributed by atoms with Gasteiger partial charge in [0.25, 0.3) is 0 Å². The second-order valence-corrected chi connectivity index (χ2v) is 20.4. The molecule has 11 unspecified atom stereocenters. The number of nitrogens with one attached hydrogen (secondary N) is 8. The molecule has 2 aliphatic rings. The van der Waals surface area contributed by atoms with Crippen LogP contribution in [-0.2, 0) is 65.6 Å². The Morgan fingerprint density at radius 1 is 0.575 bits per heavy atom. The monoisotopic (exact) mass is 1120 g/mol. The van der Waals surface area contributed by atoms with Crippen molar-refractivity contribution in [2.24, 2.45) is 28.1 Å². The highest BCUT2D eigenvalue weighted by atomic mass is 16.3. The van der Waals surface area contributed by atoms with E-state index in [1.54, 1.807) is 44.2 Å². The summed E-state index contributed by atoms with van der Waals surface area (Å²) in [5.41, 5.74) is 17.6. The van der Waals surface area contributed by atoms with Crippen LogP contribution in [0.15, 0.2) is 59.6 Å². The van der Waals surface area contributed by atoms with Crippen molar-refractivity contribution in [2.75, 3.05) is 19.6 Å². The lowest BCUT2D eigenvalue weighted by Crippen LogP contribution is -2.61. The van der Waals surface area contributed by atoms with Gasteiger partial charge in [0.05, 0.1) is 0 Å². The molecule has 11 amide bonds. The van der Waals surface area contributed by atoms with Gasteiger partial charge in [0.2, 0.25) is 65.0 Å². The van der Waals surface area contributed by atoms with E-state index >= 15 is 0 Å². The SMILES string of the molecule is CCC(C)C(NC(=O)C(Cc1ccc(O)cc1)NC(=O)C(C)NC(=O)C(Cc1ccccc1)NC(=O)C(C)NC(=O)C(C)NC(=O)C1CCCN1C(C)=O)C(=O)NC(C)C(=O)NC(CCCN=C(N)N)C(=O)N1CCCC1C(N)=O. The molecule has 26 heteroatoms. The van der Waals surface area contributed by atoms with E-state index in [-0.39, 0.29) is 56.4 Å². The van der Waals surface area contributed by atoms with Crippen molar-refractivity contribution in [1.82, 2.24) is 52.3 Å². The molecule has 26 nitrogen and oxygen atoms in total. The fourth-order valence-electron chi connectivity index (χ4n) is 9.21. The minimum absolute atomic E-state index is 0.0471. The molecule has 2 saturated heterocycles. The average molecular weight is 1120 g/mol. The van der Waals surface area contributed by atoms with Gasteiger partial charge < -0.3 is 74.6 Å². The number of nitrogens with two attached hydrogens (primary N) is 3. The summed E-state index contributed by atoms with van der Waals surface area (Å²) in [6, 6.07) is 2.89. The van der Waals surface area contributed by atoms with Gasteiger partial charge in [0, 0.05) is 39.4 Å². The van der Waals surface area contributed by atoms with Gasteiger partial charge in [0.1, 0.15) is 66.2 Å². The molecular weight excluding hydrogens is 1040 g/mol. The van der Waals surface area contributed by atoms with Crippen molar-refractivity contribution in [3.63, 3.8) is 0 Å². The zero-order valence-corrected chi connectivity index (χ0v) is 46.5. The Balaban J connectivity index is 1.47. The lowest BCUT2D eigenvalue weighted by Gasteiger charge is -2.30. The second kappa shape index (κ2) is 30.7. The number of primary amides is 1.